The Kier molecular flexibility index (Phi) is 8.55. The van der Waals surface area contributed by atoms with E-state index in [0.29, 0.717) is 25.6 Å². The number of hydrogen-bond acceptors (Lipinski definition) is 6. The van der Waals surface area contributed by atoms with E-state index in [9.17, 15) is 10.2 Å². The van der Waals surface area contributed by atoms with E-state index in [-0.39, 0.29) is 0 Å². The summed E-state index contributed by atoms with van der Waals surface area (Å²) in [5.41, 5.74) is 0. The van der Waals surface area contributed by atoms with Crippen LogP contribution in [0.4, 0.5) is 0 Å². The second-order valence-electron chi connectivity index (χ2n) is 2.79. The summed E-state index contributed by atoms with van der Waals surface area (Å²) in [4.78, 5) is 5.09. The molecule has 0 heterocycles. The molecule has 2 N–H and O–H groups in total. The summed E-state index contributed by atoms with van der Waals surface area (Å²) in [7, 11) is 0. The van der Waals surface area contributed by atoms with Crippen LogP contribution in [-0.4, -0.2) is 53.3 Å². The Morgan fingerprint density at radius 2 is 1.71 bits per heavy atom. The van der Waals surface area contributed by atoms with Crippen LogP contribution in [0.25, 0.3) is 0 Å². The monoisotopic (exact) mass is 225 g/mol. The Labute approximate surface area is 90.0 Å². The van der Waals surface area contributed by atoms with Gasteiger partial charge in [-0.05, 0) is 13.8 Å². The minimum absolute atomic E-state index is 0.295. The second-order valence-corrected chi connectivity index (χ2v) is 3.24. The van der Waals surface area contributed by atoms with Gasteiger partial charge in [-0.25, -0.2) is 0 Å². The van der Waals surface area contributed by atoms with E-state index >= 15 is 0 Å². The van der Waals surface area contributed by atoms with Crippen molar-refractivity contribution < 1.29 is 19.8 Å². The highest BCUT2D eigenvalue weighted by molar-refractivity contribution is 7.80. The Morgan fingerprint density at radius 1 is 1.14 bits per heavy atom. The summed E-state index contributed by atoms with van der Waals surface area (Å²) in [6.07, 6.45) is -1.69. The molecule has 0 aromatic heterocycles. The van der Waals surface area contributed by atoms with Gasteiger partial charge in [-0.15, -0.1) is 5.06 Å². The van der Waals surface area contributed by atoms with Crippen LogP contribution in [0.15, 0.2) is 0 Å². The molecule has 0 aliphatic carbocycles. The Bertz CT molecular complexity index is 127. The summed E-state index contributed by atoms with van der Waals surface area (Å²) < 4.78 is 5.10. The van der Waals surface area contributed by atoms with Gasteiger partial charge in [0, 0.05) is 5.75 Å². The average molecular weight is 225 g/mol. The van der Waals surface area contributed by atoms with Gasteiger partial charge in [0.2, 0.25) is 0 Å². The van der Waals surface area contributed by atoms with E-state index in [1.54, 1.807) is 0 Å². The zero-order valence-corrected chi connectivity index (χ0v) is 9.48. The lowest BCUT2D eigenvalue weighted by atomic mass is 10.5. The van der Waals surface area contributed by atoms with E-state index < -0.39 is 12.5 Å². The van der Waals surface area contributed by atoms with Crippen molar-refractivity contribution in [2.75, 3.05) is 25.6 Å². The lowest BCUT2D eigenvalue weighted by molar-refractivity contribution is -0.295. The zero-order valence-electron chi connectivity index (χ0n) is 8.59. The molecule has 14 heavy (non-hydrogen) atoms. The lowest BCUT2D eigenvalue weighted by Crippen LogP contribution is -2.40. The molecule has 0 aliphatic heterocycles. The van der Waals surface area contributed by atoms with Crippen molar-refractivity contribution in [1.82, 2.24) is 5.06 Å². The number of ether oxygens (including phenoxy) is 1. The van der Waals surface area contributed by atoms with Crippen LogP contribution in [0.5, 0.6) is 0 Å². The van der Waals surface area contributed by atoms with Gasteiger partial charge in [-0.2, -0.15) is 12.6 Å². The Morgan fingerprint density at radius 3 is 2.14 bits per heavy atom. The fraction of sp³-hybridized carbons (Fsp3) is 1.00. The maximum absolute atomic E-state index is 9.17. The van der Waals surface area contributed by atoms with Gasteiger partial charge < -0.3 is 14.9 Å². The number of aliphatic hydroxyl groups excluding tert-OH is 2. The highest BCUT2D eigenvalue weighted by Crippen LogP contribution is 2.01. The Balaban J connectivity index is 3.52. The Hall–Kier alpha value is 0.150. The molecule has 0 aromatic carbocycles. The minimum Gasteiger partial charge on any atom is -0.378 e. The number of hydroxylamine groups is 2. The summed E-state index contributed by atoms with van der Waals surface area (Å²) in [6, 6.07) is 0. The molecule has 86 valence electrons. The van der Waals surface area contributed by atoms with Gasteiger partial charge in [-0.3, -0.25) is 4.84 Å². The lowest BCUT2D eigenvalue weighted by Gasteiger charge is -2.26. The minimum atomic E-state index is -0.847. The van der Waals surface area contributed by atoms with E-state index in [4.69, 9.17) is 9.57 Å². The van der Waals surface area contributed by atoms with Crippen LogP contribution in [0.1, 0.15) is 13.8 Å². The highest BCUT2D eigenvalue weighted by Gasteiger charge is 2.16. The topological polar surface area (TPSA) is 62.2 Å². The van der Waals surface area contributed by atoms with Gasteiger partial charge in [-0.1, -0.05) is 0 Å². The van der Waals surface area contributed by atoms with Gasteiger partial charge >= 0.3 is 0 Å². The number of thiol groups is 1. The zero-order chi connectivity index (χ0) is 11.0. The first kappa shape index (κ1) is 14.2. The van der Waals surface area contributed by atoms with Crippen LogP contribution >= 0.6 is 12.6 Å². The van der Waals surface area contributed by atoms with Gasteiger partial charge in [0.05, 0.1) is 19.8 Å². The standard InChI is InChI=1S/C8H19NO4S/c1-7(10)9(8(2)11)13-4-3-12-5-6-14/h7-8,10-11,14H,3-6H2,1-2H3. The molecular formula is C8H19NO4S. The molecule has 2 atom stereocenters. The SMILES string of the molecule is CC(O)N(OCCOCCS)C(C)O. The third kappa shape index (κ3) is 6.58. The smallest absolute Gasteiger partial charge is 0.130 e. The summed E-state index contributed by atoms with van der Waals surface area (Å²) in [6.45, 7) is 4.30. The fourth-order valence-electron chi connectivity index (χ4n) is 0.896. The first-order valence-corrected chi connectivity index (χ1v) is 5.18. The average Bonchev–Trinajstić information content (AvgIpc) is 2.09. The molecule has 0 fully saturated rings. The predicted octanol–water partition coefficient (Wildman–Crippen LogP) is -0.157. The van der Waals surface area contributed by atoms with E-state index in [0.717, 1.165) is 5.06 Å². The second kappa shape index (κ2) is 8.46. The van der Waals surface area contributed by atoms with Crippen LogP contribution < -0.4 is 0 Å². The number of aliphatic hydroxyl groups is 2. The molecule has 0 radical (unpaired) electrons. The molecular weight excluding hydrogens is 206 g/mol. The van der Waals surface area contributed by atoms with Crippen molar-refractivity contribution in [3.05, 3.63) is 0 Å². The molecule has 0 rings (SSSR count). The molecule has 0 bridgehead atoms. The van der Waals surface area contributed by atoms with Gasteiger partial charge in [0.1, 0.15) is 12.5 Å². The first-order valence-electron chi connectivity index (χ1n) is 4.55. The van der Waals surface area contributed by atoms with Crippen LogP contribution in [0, 0.1) is 0 Å². The maximum atomic E-state index is 9.17. The van der Waals surface area contributed by atoms with E-state index in [1.807, 2.05) is 0 Å². The molecule has 0 aromatic rings. The fourth-order valence-corrected chi connectivity index (χ4v) is 1.03. The predicted molar refractivity (Wildman–Crippen MR) is 55.8 cm³/mol. The third-order valence-electron chi connectivity index (χ3n) is 1.44. The van der Waals surface area contributed by atoms with Crippen molar-refractivity contribution >= 4 is 12.6 Å². The third-order valence-corrected chi connectivity index (χ3v) is 1.62. The molecule has 0 aliphatic rings. The molecule has 5 nitrogen and oxygen atoms in total. The van der Waals surface area contributed by atoms with Crippen LogP contribution in [-0.2, 0) is 9.57 Å². The van der Waals surface area contributed by atoms with Crippen molar-refractivity contribution in [2.45, 2.75) is 26.3 Å². The molecule has 0 amide bonds. The molecule has 6 heteroatoms. The van der Waals surface area contributed by atoms with Crippen molar-refractivity contribution in [3.8, 4) is 0 Å². The molecule has 0 saturated heterocycles. The highest BCUT2D eigenvalue weighted by atomic mass is 32.1. The normalized spacial score (nSPS) is 15.9. The van der Waals surface area contributed by atoms with Gasteiger partial charge in [0.25, 0.3) is 0 Å². The van der Waals surface area contributed by atoms with Crippen LogP contribution in [0.3, 0.4) is 0 Å². The largest absolute Gasteiger partial charge is 0.378 e. The first-order chi connectivity index (χ1) is 6.59. The van der Waals surface area contributed by atoms with Crippen LogP contribution in [0.2, 0.25) is 0 Å². The molecule has 2 unspecified atom stereocenters. The quantitative estimate of drug-likeness (QED) is 0.232. The number of hydrogen-bond donors (Lipinski definition) is 3. The molecule has 0 spiro atoms. The molecule has 0 saturated carbocycles. The van der Waals surface area contributed by atoms with Crippen molar-refractivity contribution in [3.63, 3.8) is 0 Å². The number of nitrogens with zero attached hydrogens (tertiary/aromatic N) is 1. The van der Waals surface area contributed by atoms with E-state index in [1.165, 1.54) is 13.8 Å². The van der Waals surface area contributed by atoms with E-state index in [2.05, 4.69) is 12.6 Å². The van der Waals surface area contributed by atoms with Crippen molar-refractivity contribution in [2.24, 2.45) is 0 Å². The maximum Gasteiger partial charge on any atom is 0.130 e. The summed E-state index contributed by atoms with van der Waals surface area (Å²) >= 11 is 3.97. The van der Waals surface area contributed by atoms with Gasteiger partial charge in [0.15, 0.2) is 0 Å². The summed E-state index contributed by atoms with van der Waals surface area (Å²) in [5, 5.41) is 19.4. The number of rotatable bonds is 8. The van der Waals surface area contributed by atoms with Crippen molar-refractivity contribution in [1.29, 1.82) is 0 Å². The summed E-state index contributed by atoms with van der Waals surface area (Å²) in [5.74, 6) is 0.663.